The normalized spacial score (nSPS) is 11.3. The summed E-state index contributed by atoms with van der Waals surface area (Å²) >= 11 is 0. The Balaban J connectivity index is 2.59. The number of aromatic nitrogens is 2. The third kappa shape index (κ3) is 4.95. The largest absolute Gasteiger partial charge is 0.354 e. The first kappa shape index (κ1) is 13.6. The molecule has 1 N–H and O–H groups in total. The molecule has 0 saturated heterocycles. The van der Waals surface area contributed by atoms with Crippen LogP contribution in [0.5, 0.6) is 0 Å². The van der Waals surface area contributed by atoms with Crippen molar-refractivity contribution in [1.29, 1.82) is 0 Å². The average molecular weight is 234 g/mol. The van der Waals surface area contributed by atoms with Gasteiger partial charge in [0.15, 0.2) is 5.82 Å². The van der Waals surface area contributed by atoms with E-state index in [0.29, 0.717) is 0 Å². The number of rotatable bonds is 5. The fourth-order valence-corrected chi connectivity index (χ4v) is 1.29. The molecular weight excluding hydrogens is 212 g/mol. The van der Waals surface area contributed by atoms with Crippen LogP contribution in [0.1, 0.15) is 26.5 Å². The van der Waals surface area contributed by atoms with Gasteiger partial charge in [0, 0.05) is 25.7 Å². The zero-order valence-electron chi connectivity index (χ0n) is 11.2. The molecule has 0 aliphatic rings. The van der Waals surface area contributed by atoms with Crippen molar-refractivity contribution >= 4 is 5.82 Å². The predicted molar refractivity (Wildman–Crippen MR) is 72.1 cm³/mol. The number of nitrogens with zero attached hydrogens (tertiary/aromatic N) is 3. The Labute approximate surface area is 104 Å². The van der Waals surface area contributed by atoms with Gasteiger partial charge in [0.05, 0.1) is 5.69 Å². The lowest BCUT2D eigenvalue weighted by molar-refractivity contribution is 0.420. The van der Waals surface area contributed by atoms with E-state index in [2.05, 4.69) is 42.9 Å². The molecule has 4 nitrogen and oxygen atoms in total. The minimum Gasteiger partial charge on any atom is -0.354 e. The molecule has 0 radical (unpaired) electrons. The molecule has 0 bridgehead atoms. The number of hydrogen-bond donors (Lipinski definition) is 1. The van der Waals surface area contributed by atoms with Crippen molar-refractivity contribution in [2.75, 3.05) is 18.5 Å². The topological polar surface area (TPSA) is 41.0 Å². The highest BCUT2D eigenvalue weighted by Crippen LogP contribution is 2.08. The Morgan fingerprint density at radius 3 is 2.53 bits per heavy atom. The van der Waals surface area contributed by atoms with Gasteiger partial charge in [0.2, 0.25) is 0 Å². The summed E-state index contributed by atoms with van der Waals surface area (Å²) < 4.78 is 0. The molecule has 0 unspecified atom stereocenters. The molecule has 0 saturated carbocycles. The van der Waals surface area contributed by atoms with Crippen LogP contribution in [0.3, 0.4) is 0 Å². The van der Waals surface area contributed by atoms with Crippen molar-refractivity contribution in [2.45, 2.75) is 32.9 Å². The SMILES string of the molecule is C=CCN(C)c1ccc(CNC(C)(C)C)nn1. The van der Waals surface area contributed by atoms with Crippen molar-refractivity contribution in [3.05, 3.63) is 30.5 Å². The number of likely N-dealkylation sites (N-methyl/N-ethyl adjacent to an activating group) is 1. The molecule has 0 aliphatic heterocycles. The van der Waals surface area contributed by atoms with Gasteiger partial charge in [0.25, 0.3) is 0 Å². The van der Waals surface area contributed by atoms with E-state index in [9.17, 15) is 0 Å². The third-order valence-electron chi connectivity index (χ3n) is 2.30. The number of anilines is 1. The molecule has 0 aliphatic carbocycles. The second-order valence-corrected chi connectivity index (χ2v) is 5.16. The predicted octanol–water partition coefficient (Wildman–Crippen LogP) is 1.99. The average Bonchev–Trinajstić information content (AvgIpc) is 2.26. The van der Waals surface area contributed by atoms with Gasteiger partial charge in [-0.1, -0.05) is 6.08 Å². The zero-order chi connectivity index (χ0) is 12.9. The van der Waals surface area contributed by atoms with Gasteiger partial charge in [-0.05, 0) is 32.9 Å². The van der Waals surface area contributed by atoms with Crippen LogP contribution in [0.4, 0.5) is 5.82 Å². The summed E-state index contributed by atoms with van der Waals surface area (Å²) in [4.78, 5) is 2.00. The monoisotopic (exact) mass is 234 g/mol. The Morgan fingerprint density at radius 1 is 1.35 bits per heavy atom. The summed E-state index contributed by atoms with van der Waals surface area (Å²) in [6.07, 6.45) is 1.84. The molecule has 4 heteroatoms. The first-order valence-electron chi connectivity index (χ1n) is 5.82. The lowest BCUT2D eigenvalue weighted by Crippen LogP contribution is -2.35. The smallest absolute Gasteiger partial charge is 0.151 e. The molecule has 1 aromatic heterocycles. The van der Waals surface area contributed by atoms with E-state index in [-0.39, 0.29) is 5.54 Å². The van der Waals surface area contributed by atoms with Crippen molar-refractivity contribution in [3.8, 4) is 0 Å². The third-order valence-corrected chi connectivity index (χ3v) is 2.30. The second kappa shape index (κ2) is 5.77. The van der Waals surface area contributed by atoms with Gasteiger partial charge in [-0.25, -0.2) is 0 Å². The maximum atomic E-state index is 4.20. The molecule has 0 spiro atoms. The fraction of sp³-hybridized carbons (Fsp3) is 0.538. The second-order valence-electron chi connectivity index (χ2n) is 5.16. The van der Waals surface area contributed by atoms with E-state index in [1.54, 1.807) is 0 Å². The minimum atomic E-state index is 0.0972. The minimum absolute atomic E-state index is 0.0972. The van der Waals surface area contributed by atoms with Crippen LogP contribution in [0.2, 0.25) is 0 Å². The van der Waals surface area contributed by atoms with E-state index < -0.39 is 0 Å². The van der Waals surface area contributed by atoms with Gasteiger partial charge >= 0.3 is 0 Å². The molecule has 0 amide bonds. The van der Waals surface area contributed by atoms with E-state index >= 15 is 0 Å². The molecule has 0 atom stereocenters. The van der Waals surface area contributed by atoms with E-state index in [1.807, 2.05) is 30.2 Å². The van der Waals surface area contributed by atoms with Crippen LogP contribution >= 0.6 is 0 Å². The summed E-state index contributed by atoms with van der Waals surface area (Å²) in [5.74, 6) is 0.865. The highest BCUT2D eigenvalue weighted by atomic mass is 15.2. The van der Waals surface area contributed by atoms with Crippen molar-refractivity contribution in [3.63, 3.8) is 0 Å². The van der Waals surface area contributed by atoms with Crippen LogP contribution in [0.15, 0.2) is 24.8 Å². The Hall–Kier alpha value is -1.42. The Kier molecular flexibility index (Phi) is 4.63. The van der Waals surface area contributed by atoms with Crippen molar-refractivity contribution in [2.24, 2.45) is 0 Å². The van der Waals surface area contributed by atoms with Crippen LogP contribution in [-0.2, 0) is 6.54 Å². The molecule has 17 heavy (non-hydrogen) atoms. The van der Waals surface area contributed by atoms with Crippen LogP contribution in [0, 0.1) is 0 Å². The summed E-state index contributed by atoms with van der Waals surface area (Å²) in [7, 11) is 1.97. The highest BCUT2D eigenvalue weighted by molar-refractivity contribution is 5.36. The summed E-state index contributed by atoms with van der Waals surface area (Å²) in [5, 5.41) is 11.8. The van der Waals surface area contributed by atoms with Crippen LogP contribution in [-0.4, -0.2) is 29.3 Å². The fourth-order valence-electron chi connectivity index (χ4n) is 1.29. The van der Waals surface area contributed by atoms with Crippen molar-refractivity contribution < 1.29 is 0 Å². The first-order chi connectivity index (χ1) is 7.92. The van der Waals surface area contributed by atoms with E-state index in [0.717, 1.165) is 24.6 Å². The molecule has 94 valence electrons. The summed E-state index contributed by atoms with van der Waals surface area (Å²) in [6.45, 7) is 11.6. The van der Waals surface area contributed by atoms with Gasteiger partial charge in [-0.2, -0.15) is 5.10 Å². The Bertz CT molecular complexity index is 351. The highest BCUT2D eigenvalue weighted by Gasteiger charge is 2.09. The molecule has 0 fully saturated rings. The summed E-state index contributed by atoms with van der Waals surface area (Å²) in [6, 6.07) is 3.98. The molecule has 1 heterocycles. The quantitative estimate of drug-likeness (QED) is 0.791. The van der Waals surface area contributed by atoms with E-state index in [4.69, 9.17) is 0 Å². The van der Waals surface area contributed by atoms with Gasteiger partial charge in [-0.3, -0.25) is 0 Å². The van der Waals surface area contributed by atoms with Gasteiger partial charge in [0.1, 0.15) is 0 Å². The number of nitrogens with one attached hydrogen (secondary N) is 1. The maximum Gasteiger partial charge on any atom is 0.151 e. The van der Waals surface area contributed by atoms with E-state index in [1.165, 1.54) is 0 Å². The van der Waals surface area contributed by atoms with Gasteiger partial charge < -0.3 is 10.2 Å². The van der Waals surface area contributed by atoms with Gasteiger partial charge in [-0.15, -0.1) is 11.7 Å². The first-order valence-corrected chi connectivity index (χ1v) is 5.82. The Morgan fingerprint density at radius 2 is 2.06 bits per heavy atom. The lowest BCUT2D eigenvalue weighted by atomic mass is 10.1. The van der Waals surface area contributed by atoms with Crippen LogP contribution < -0.4 is 10.2 Å². The molecule has 1 aromatic rings. The maximum absolute atomic E-state index is 4.20. The number of hydrogen-bond acceptors (Lipinski definition) is 4. The standard InChI is InChI=1S/C13H22N4/c1-6-9-17(5)12-8-7-11(15-16-12)10-14-13(2,3)4/h6-8,14H,1,9-10H2,2-5H3. The lowest BCUT2D eigenvalue weighted by Gasteiger charge is -2.20. The molecule has 0 aromatic carbocycles. The van der Waals surface area contributed by atoms with Crippen molar-refractivity contribution in [1.82, 2.24) is 15.5 Å². The zero-order valence-corrected chi connectivity index (χ0v) is 11.2. The van der Waals surface area contributed by atoms with Crippen LogP contribution in [0.25, 0.3) is 0 Å². The molecular formula is C13H22N4. The summed E-state index contributed by atoms with van der Waals surface area (Å²) in [5.41, 5.74) is 1.05. The molecule has 1 rings (SSSR count).